The van der Waals surface area contributed by atoms with Crippen molar-refractivity contribution < 1.29 is 23.5 Å². The number of amides is 2. The summed E-state index contributed by atoms with van der Waals surface area (Å²) in [5, 5.41) is 12.8. The molecule has 3 aliphatic rings. The molecule has 2 N–H and O–H groups in total. The quantitative estimate of drug-likeness (QED) is 0.782. The minimum absolute atomic E-state index is 0.0430. The van der Waals surface area contributed by atoms with Crippen LogP contribution >= 0.6 is 0 Å². The Bertz CT molecular complexity index is 1180. The molecule has 1 aliphatic heterocycles. The molecule has 1 unspecified atom stereocenters. The average molecular weight is 429 g/mol. The number of pyridine rings is 1. The molecule has 2 aliphatic carbocycles. The lowest BCUT2D eigenvalue weighted by atomic mass is 9.99. The second-order valence-electron chi connectivity index (χ2n) is 8.74. The van der Waals surface area contributed by atoms with E-state index in [1.165, 1.54) is 10.8 Å². The summed E-state index contributed by atoms with van der Waals surface area (Å²) in [5.41, 5.74) is -1.40. The van der Waals surface area contributed by atoms with Gasteiger partial charge in [0.2, 0.25) is 5.43 Å². The van der Waals surface area contributed by atoms with Crippen molar-refractivity contribution in [2.24, 2.45) is 11.8 Å². The third-order valence-electron chi connectivity index (χ3n) is 6.85. The lowest BCUT2D eigenvalue weighted by molar-refractivity contribution is 0.0581. The number of carbonyl (C=O) groups is 2. The standard InChI is InChI=1S/C22H21F2N3O4/c1-9-3-14(23)12(15(24)4-9)7-25-21(30)13-8-27-16-6-10-5-11(10)17(16)26(2)22(31)18(27)20(29)19(13)28/h3-4,8,10-11,16-17,29H,5-7H2,1-2H3,(H,25,30)/t10-,11?,16-,17+/m0/s1. The summed E-state index contributed by atoms with van der Waals surface area (Å²) in [7, 11) is 1.67. The van der Waals surface area contributed by atoms with Crippen LogP contribution in [-0.2, 0) is 6.54 Å². The van der Waals surface area contributed by atoms with Gasteiger partial charge in [-0.15, -0.1) is 0 Å². The molecular weight excluding hydrogens is 408 g/mol. The highest BCUT2D eigenvalue weighted by atomic mass is 19.1. The third kappa shape index (κ3) is 2.86. The van der Waals surface area contributed by atoms with Crippen LogP contribution in [0, 0.1) is 30.4 Å². The van der Waals surface area contributed by atoms with E-state index in [-0.39, 0.29) is 28.9 Å². The zero-order chi connectivity index (χ0) is 22.2. The van der Waals surface area contributed by atoms with Crippen molar-refractivity contribution >= 4 is 11.8 Å². The number of aromatic nitrogens is 1. The van der Waals surface area contributed by atoms with Crippen molar-refractivity contribution in [2.45, 2.75) is 38.4 Å². The summed E-state index contributed by atoms with van der Waals surface area (Å²) < 4.78 is 29.7. The van der Waals surface area contributed by atoms with Crippen molar-refractivity contribution in [1.29, 1.82) is 0 Å². The van der Waals surface area contributed by atoms with Gasteiger partial charge in [0.25, 0.3) is 11.8 Å². The molecule has 2 saturated carbocycles. The van der Waals surface area contributed by atoms with Gasteiger partial charge in [-0.3, -0.25) is 14.4 Å². The minimum Gasteiger partial charge on any atom is -0.503 e. The Hall–Kier alpha value is -3.23. The highest BCUT2D eigenvalue weighted by molar-refractivity contribution is 5.99. The van der Waals surface area contributed by atoms with Crippen molar-refractivity contribution in [1.82, 2.24) is 14.8 Å². The predicted octanol–water partition coefficient (Wildman–Crippen LogP) is 2.11. The van der Waals surface area contributed by atoms with Gasteiger partial charge < -0.3 is 19.9 Å². The van der Waals surface area contributed by atoms with Gasteiger partial charge in [0.15, 0.2) is 11.4 Å². The van der Waals surface area contributed by atoms with E-state index in [4.69, 9.17) is 0 Å². The first-order valence-electron chi connectivity index (χ1n) is 10.2. The molecular formula is C22H21F2N3O4. The summed E-state index contributed by atoms with van der Waals surface area (Å²) in [6, 6.07) is 2.13. The number of nitrogens with one attached hydrogen (secondary N) is 1. The van der Waals surface area contributed by atoms with Gasteiger partial charge in [0.05, 0.1) is 12.1 Å². The van der Waals surface area contributed by atoms with Crippen LogP contribution in [0.25, 0.3) is 0 Å². The highest BCUT2D eigenvalue weighted by Crippen LogP contribution is 2.59. The monoisotopic (exact) mass is 429 g/mol. The molecule has 0 saturated heterocycles. The third-order valence-corrected chi connectivity index (χ3v) is 6.85. The van der Waals surface area contributed by atoms with Crippen LogP contribution < -0.4 is 10.7 Å². The number of benzene rings is 1. The normalized spacial score (nSPS) is 25.7. The smallest absolute Gasteiger partial charge is 0.274 e. The summed E-state index contributed by atoms with van der Waals surface area (Å²) in [4.78, 5) is 39.7. The maximum Gasteiger partial charge on any atom is 0.274 e. The van der Waals surface area contributed by atoms with Crippen LogP contribution in [0.2, 0.25) is 0 Å². The van der Waals surface area contributed by atoms with Gasteiger partial charge in [-0.25, -0.2) is 8.78 Å². The molecule has 7 nitrogen and oxygen atoms in total. The Morgan fingerprint density at radius 3 is 2.58 bits per heavy atom. The van der Waals surface area contributed by atoms with Crippen LogP contribution in [0.4, 0.5) is 8.78 Å². The number of carbonyl (C=O) groups excluding carboxylic acids is 2. The fourth-order valence-corrected chi connectivity index (χ4v) is 5.24. The summed E-state index contributed by atoms with van der Waals surface area (Å²) >= 11 is 0. The molecule has 2 heterocycles. The number of nitrogens with zero attached hydrogens (tertiary/aromatic N) is 2. The Morgan fingerprint density at radius 2 is 1.90 bits per heavy atom. The number of fused-ring (bicyclic) bond motifs is 5. The lowest BCUT2D eigenvalue weighted by Crippen LogP contribution is -2.49. The van der Waals surface area contributed by atoms with Crippen LogP contribution in [0.1, 0.15) is 50.9 Å². The van der Waals surface area contributed by atoms with Gasteiger partial charge in [-0.05, 0) is 49.3 Å². The van der Waals surface area contributed by atoms with Crippen LogP contribution in [0.5, 0.6) is 5.75 Å². The maximum atomic E-state index is 14.1. The molecule has 31 heavy (non-hydrogen) atoms. The molecule has 2 aromatic rings. The first-order chi connectivity index (χ1) is 14.7. The van der Waals surface area contributed by atoms with Crippen molar-refractivity contribution in [3.8, 4) is 5.75 Å². The Kier molecular flexibility index (Phi) is 4.22. The van der Waals surface area contributed by atoms with Crippen molar-refractivity contribution in [3.63, 3.8) is 0 Å². The molecule has 0 bridgehead atoms. The summed E-state index contributed by atoms with van der Waals surface area (Å²) in [6.07, 6.45) is 3.13. The highest BCUT2D eigenvalue weighted by Gasteiger charge is 2.58. The van der Waals surface area contributed by atoms with Crippen LogP contribution in [0.3, 0.4) is 0 Å². The Labute approximate surface area is 176 Å². The fraction of sp³-hybridized carbons (Fsp3) is 0.409. The van der Waals surface area contributed by atoms with Crippen LogP contribution in [0.15, 0.2) is 23.1 Å². The predicted molar refractivity (Wildman–Crippen MR) is 106 cm³/mol. The van der Waals surface area contributed by atoms with E-state index in [1.807, 2.05) is 0 Å². The molecule has 9 heteroatoms. The largest absolute Gasteiger partial charge is 0.503 e. The SMILES string of the molecule is Cc1cc(F)c(CNC(=O)c2cn3c(c(O)c2=O)C(=O)N(C)[C@@H]2C4C[C@H]4C[C@@H]23)c(F)c1. The maximum absolute atomic E-state index is 14.1. The van der Waals surface area contributed by atoms with Gasteiger partial charge in [0, 0.05) is 25.4 Å². The topological polar surface area (TPSA) is 91.6 Å². The molecule has 5 rings (SSSR count). The van der Waals surface area contributed by atoms with Crippen molar-refractivity contribution in [3.05, 3.63) is 62.6 Å². The first kappa shape index (κ1) is 19.7. The number of halogens is 2. The number of likely N-dealkylation sites (N-methyl/N-ethyl adjacent to an activating group) is 1. The molecule has 162 valence electrons. The fourth-order valence-electron chi connectivity index (χ4n) is 5.24. The zero-order valence-corrected chi connectivity index (χ0v) is 17.0. The second-order valence-corrected chi connectivity index (χ2v) is 8.74. The second kappa shape index (κ2) is 6.63. The molecule has 2 amide bonds. The van der Waals surface area contributed by atoms with Gasteiger partial charge in [-0.1, -0.05) is 0 Å². The Balaban J connectivity index is 1.49. The van der Waals surface area contributed by atoms with E-state index in [9.17, 15) is 28.3 Å². The van der Waals surface area contributed by atoms with E-state index in [2.05, 4.69) is 5.32 Å². The lowest BCUT2D eigenvalue weighted by Gasteiger charge is -2.39. The number of aryl methyl sites for hydroxylation is 1. The van der Waals surface area contributed by atoms with Gasteiger partial charge in [-0.2, -0.15) is 0 Å². The average Bonchev–Trinajstić information content (AvgIpc) is 3.36. The Morgan fingerprint density at radius 1 is 1.23 bits per heavy atom. The number of aromatic hydroxyl groups is 1. The first-order valence-corrected chi connectivity index (χ1v) is 10.2. The van der Waals surface area contributed by atoms with Gasteiger partial charge in [0.1, 0.15) is 17.2 Å². The number of hydrogen-bond donors (Lipinski definition) is 2. The number of hydrogen-bond acceptors (Lipinski definition) is 4. The zero-order valence-electron chi connectivity index (χ0n) is 17.0. The van der Waals surface area contributed by atoms with E-state index in [1.54, 1.807) is 18.9 Å². The molecule has 1 aromatic heterocycles. The number of rotatable bonds is 3. The van der Waals surface area contributed by atoms with E-state index >= 15 is 0 Å². The molecule has 2 fully saturated rings. The van der Waals surface area contributed by atoms with Crippen molar-refractivity contribution in [2.75, 3.05) is 7.05 Å². The molecule has 1 aromatic carbocycles. The molecule has 4 atom stereocenters. The van der Waals surface area contributed by atoms with E-state index in [0.717, 1.165) is 25.0 Å². The summed E-state index contributed by atoms with van der Waals surface area (Å²) in [6.45, 7) is 1.08. The van der Waals surface area contributed by atoms with E-state index < -0.39 is 41.2 Å². The molecule has 0 spiro atoms. The minimum atomic E-state index is -0.989. The van der Waals surface area contributed by atoms with Gasteiger partial charge >= 0.3 is 0 Å². The summed E-state index contributed by atoms with van der Waals surface area (Å²) in [5.74, 6) is -2.84. The molecule has 0 radical (unpaired) electrons. The van der Waals surface area contributed by atoms with E-state index in [0.29, 0.717) is 17.4 Å². The van der Waals surface area contributed by atoms with Crippen LogP contribution in [-0.4, -0.2) is 39.5 Å².